The summed E-state index contributed by atoms with van der Waals surface area (Å²) in [6.07, 6.45) is 0. The largest absolute Gasteiger partial charge is 0.335 e. The molecular formula is C17H21FN3O4S2+. The van der Waals surface area contributed by atoms with Crippen molar-refractivity contribution in [3.05, 3.63) is 54.3 Å². The van der Waals surface area contributed by atoms with Gasteiger partial charge >= 0.3 is 0 Å². The lowest BCUT2D eigenvalue weighted by Gasteiger charge is -2.29. The number of likely N-dealkylation sites (N-methyl/N-ethyl adjacent to an activating group) is 1. The molecule has 3 rings (SSSR count). The number of hydrogen-bond donors (Lipinski definition) is 2. The molecule has 1 aliphatic rings. The van der Waals surface area contributed by atoms with Crippen LogP contribution in [0, 0.1) is 5.82 Å². The van der Waals surface area contributed by atoms with Gasteiger partial charge < -0.3 is 4.90 Å². The molecule has 1 fully saturated rings. The fourth-order valence-electron chi connectivity index (χ4n) is 2.83. The third-order valence-electron chi connectivity index (χ3n) is 4.45. The molecule has 1 aliphatic heterocycles. The van der Waals surface area contributed by atoms with E-state index in [-0.39, 0.29) is 10.6 Å². The van der Waals surface area contributed by atoms with Crippen LogP contribution >= 0.6 is 0 Å². The Morgan fingerprint density at radius 1 is 0.963 bits per heavy atom. The van der Waals surface area contributed by atoms with Crippen molar-refractivity contribution in [1.29, 1.82) is 0 Å². The Morgan fingerprint density at radius 2 is 1.56 bits per heavy atom. The Bertz CT molecular complexity index is 1020. The van der Waals surface area contributed by atoms with E-state index in [2.05, 4.69) is 4.72 Å². The highest BCUT2D eigenvalue weighted by atomic mass is 32.2. The number of benzene rings is 2. The number of quaternary nitrogens is 1. The van der Waals surface area contributed by atoms with Gasteiger partial charge in [0.2, 0.25) is 10.0 Å². The SMILES string of the molecule is C[NH+]1CCN(S(=O)(=O)c2ccc(NS(=O)(=O)c3ccccc3F)cc2)CC1. The molecule has 27 heavy (non-hydrogen) atoms. The molecule has 0 aliphatic carbocycles. The highest BCUT2D eigenvalue weighted by Gasteiger charge is 2.29. The molecule has 0 aromatic heterocycles. The molecule has 2 aromatic carbocycles. The van der Waals surface area contributed by atoms with Crippen LogP contribution in [0.15, 0.2) is 58.3 Å². The second-order valence-corrected chi connectivity index (χ2v) is 10.0. The van der Waals surface area contributed by atoms with Gasteiger partial charge in [-0.05, 0) is 36.4 Å². The fraction of sp³-hybridized carbons (Fsp3) is 0.294. The first kappa shape index (κ1) is 19.7. The van der Waals surface area contributed by atoms with Gasteiger partial charge in [-0.3, -0.25) is 4.72 Å². The van der Waals surface area contributed by atoms with Crippen LogP contribution in [-0.2, 0) is 20.0 Å². The average Bonchev–Trinajstić information content (AvgIpc) is 2.62. The number of sulfonamides is 2. The molecule has 1 saturated heterocycles. The standard InChI is InChI=1S/C17H20FN3O4S2/c1-20-10-12-21(13-11-20)27(24,25)15-8-6-14(7-9-15)19-26(22,23)17-5-3-2-4-16(17)18/h2-9,19H,10-13H2,1H3/p+1. The van der Waals surface area contributed by atoms with Crippen LogP contribution in [0.25, 0.3) is 0 Å². The molecular weight excluding hydrogens is 393 g/mol. The van der Waals surface area contributed by atoms with Crippen LogP contribution in [0.1, 0.15) is 0 Å². The van der Waals surface area contributed by atoms with Crippen molar-refractivity contribution >= 4 is 25.7 Å². The molecule has 146 valence electrons. The maximum atomic E-state index is 13.7. The van der Waals surface area contributed by atoms with Gasteiger partial charge in [0.15, 0.2) is 0 Å². The zero-order valence-electron chi connectivity index (χ0n) is 14.7. The van der Waals surface area contributed by atoms with Gasteiger partial charge in [0.25, 0.3) is 10.0 Å². The van der Waals surface area contributed by atoms with Crippen LogP contribution < -0.4 is 9.62 Å². The minimum Gasteiger partial charge on any atom is -0.335 e. The van der Waals surface area contributed by atoms with Crippen molar-refractivity contribution in [2.45, 2.75) is 9.79 Å². The Morgan fingerprint density at radius 3 is 2.15 bits per heavy atom. The second kappa shape index (κ2) is 7.55. The summed E-state index contributed by atoms with van der Waals surface area (Å²) >= 11 is 0. The predicted octanol–water partition coefficient (Wildman–Crippen LogP) is 0.146. The van der Waals surface area contributed by atoms with E-state index in [1.54, 1.807) is 0 Å². The highest BCUT2D eigenvalue weighted by Crippen LogP contribution is 2.22. The maximum absolute atomic E-state index is 13.7. The quantitative estimate of drug-likeness (QED) is 0.729. The Labute approximate surface area is 158 Å². The number of piperazine rings is 1. The van der Waals surface area contributed by atoms with Crippen molar-refractivity contribution < 1.29 is 26.1 Å². The lowest BCUT2D eigenvalue weighted by Crippen LogP contribution is -3.12. The molecule has 0 atom stereocenters. The van der Waals surface area contributed by atoms with Crippen LogP contribution in [-0.4, -0.2) is 54.4 Å². The lowest BCUT2D eigenvalue weighted by molar-refractivity contribution is -0.883. The number of rotatable bonds is 5. The summed E-state index contributed by atoms with van der Waals surface area (Å²) < 4.78 is 67.4. The fourth-order valence-corrected chi connectivity index (χ4v) is 5.41. The molecule has 0 bridgehead atoms. The zero-order chi connectivity index (χ0) is 19.7. The summed E-state index contributed by atoms with van der Waals surface area (Å²) in [4.78, 5) is 0.900. The average molecular weight is 415 g/mol. The molecule has 10 heteroatoms. The molecule has 0 spiro atoms. The van der Waals surface area contributed by atoms with Gasteiger partial charge in [-0.1, -0.05) is 12.1 Å². The molecule has 0 unspecified atom stereocenters. The van der Waals surface area contributed by atoms with Crippen molar-refractivity contribution in [1.82, 2.24) is 4.31 Å². The van der Waals surface area contributed by atoms with Crippen LogP contribution in [0.5, 0.6) is 0 Å². The zero-order valence-corrected chi connectivity index (χ0v) is 16.4. The van der Waals surface area contributed by atoms with Gasteiger partial charge in [-0.2, -0.15) is 4.31 Å². The van der Waals surface area contributed by atoms with Gasteiger partial charge in [0.1, 0.15) is 10.7 Å². The van der Waals surface area contributed by atoms with Crippen LogP contribution in [0.4, 0.5) is 10.1 Å². The third kappa shape index (κ3) is 4.29. The molecule has 1 heterocycles. The monoisotopic (exact) mass is 414 g/mol. The Kier molecular flexibility index (Phi) is 5.52. The molecule has 0 saturated carbocycles. The van der Waals surface area contributed by atoms with Gasteiger partial charge in [-0.15, -0.1) is 0 Å². The lowest BCUT2D eigenvalue weighted by atomic mass is 10.3. The summed E-state index contributed by atoms with van der Waals surface area (Å²) in [6, 6.07) is 10.4. The topological polar surface area (TPSA) is 88.0 Å². The van der Waals surface area contributed by atoms with E-state index in [9.17, 15) is 21.2 Å². The van der Waals surface area contributed by atoms with Crippen LogP contribution in [0.2, 0.25) is 0 Å². The minimum atomic E-state index is -4.11. The first-order chi connectivity index (χ1) is 12.7. The Hall–Kier alpha value is -2.01. The predicted molar refractivity (Wildman–Crippen MR) is 99.0 cm³/mol. The number of anilines is 1. The van der Waals surface area contributed by atoms with E-state index in [4.69, 9.17) is 0 Å². The van der Waals surface area contributed by atoms with E-state index < -0.39 is 30.8 Å². The smallest absolute Gasteiger partial charge is 0.264 e. The highest BCUT2D eigenvalue weighted by molar-refractivity contribution is 7.92. The molecule has 0 amide bonds. The van der Waals surface area contributed by atoms with Gasteiger partial charge in [0.05, 0.1) is 38.1 Å². The second-order valence-electron chi connectivity index (χ2n) is 6.42. The van der Waals surface area contributed by atoms with Crippen molar-refractivity contribution in [2.75, 3.05) is 37.9 Å². The van der Waals surface area contributed by atoms with E-state index >= 15 is 0 Å². The first-order valence-corrected chi connectivity index (χ1v) is 11.3. The van der Waals surface area contributed by atoms with E-state index in [1.165, 1.54) is 45.6 Å². The van der Waals surface area contributed by atoms with Crippen LogP contribution in [0.3, 0.4) is 0 Å². The summed E-state index contributed by atoms with van der Waals surface area (Å²) in [7, 11) is -5.71. The van der Waals surface area contributed by atoms with E-state index in [0.717, 1.165) is 25.2 Å². The summed E-state index contributed by atoms with van der Waals surface area (Å²) in [6.45, 7) is 2.35. The van der Waals surface area contributed by atoms with Gasteiger partial charge in [0, 0.05) is 5.69 Å². The Balaban J connectivity index is 1.78. The van der Waals surface area contributed by atoms with E-state index in [0.29, 0.717) is 13.1 Å². The van der Waals surface area contributed by atoms with Crippen molar-refractivity contribution in [3.8, 4) is 0 Å². The van der Waals surface area contributed by atoms with Crippen molar-refractivity contribution in [3.63, 3.8) is 0 Å². The maximum Gasteiger partial charge on any atom is 0.264 e. The van der Waals surface area contributed by atoms with E-state index in [1.807, 2.05) is 7.05 Å². The molecule has 2 aromatic rings. The minimum absolute atomic E-state index is 0.0934. The first-order valence-electron chi connectivity index (χ1n) is 8.39. The number of hydrogen-bond acceptors (Lipinski definition) is 4. The van der Waals surface area contributed by atoms with Gasteiger partial charge in [-0.25, -0.2) is 21.2 Å². The summed E-state index contributed by atoms with van der Waals surface area (Å²) in [5.74, 6) is -0.860. The van der Waals surface area contributed by atoms with Crippen molar-refractivity contribution in [2.24, 2.45) is 0 Å². The molecule has 2 N–H and O–H groups in total. The number of halogens is 1. The number of nitrogens with zero attached hydrogens (tertiary/aromatic N) is 1. The molecule has 7 nitrogen and oxygen atoms in total. The summed E-state index contributed by atoms with van der Waals surface area (Å²) in [5.41, 5.74) is 0.153. The normalized spacial score (nSPS) is 17.0. The molecule has 0 radical (unpaired) electrons. The number of nitrogens with one attached hydrogen (secondary N) is 2. The summed E-state index contributed by atoms with van der Waals surface area (Å²) in [5, 5.41) is 0. The third-order valence-corrected chi connectivity index (χ3v) is 7.77.